The van der Waals surface area contributed by atoms with Crippen LogP contribution in [-0.2, 0) is 17.8 Å². The number of hydrogen-bond donors (Lipinski definition) is 1. The number of nitrogens with one attached hydrogen (secondary N) is 1. The summed E-state index contributed by atoms with van der Waals surface area (Å²) >= 11 is 0. The molecule has 1 saturated heterocycles. The van der Waals surface area contributed by atoms with Crippen molar-refractivity contribution >= 4 is 5.91 Å². The molecule has 34 heavy (non-hydrogen) atoms. The molecule has 1 heterocycles. The predicted octanol–water partition coefficient (Wildman–Crippen LogP) is 5.60. The summed E-state index contributed by atoms with van der Waals surface area (Å²) in [5.41, 5.74) is 4.09. The van der Waals surface area contributed by atoms with E-state index in [9.17, 15) is 9.18 Å². The number of hydrogen-bond acceptors (Lipinski definition) is 3. The summed E-state index contributed by atoms with van der Waals surface area (Å²) in [7, 11) is 1.59. The molecule has 1 fully saturated rings. The van der Waals surface area contributed by atoms with E-state index < -0.39 is 0 Å². The van der Waals surface area contributed by atoms with E-state index in [-0.39, 0.29) is 17.8 Å². The largest absolute Gasteiger partial charge is 0.496 e. The zero-order valence-corrected chi connectivity index (χ0v) is 19.8. The molecule has 0 saturated carbocycles. The van der Waals surface area contributed by atoms with E-state index in [1.807, 2.05) is 18.2 Å². The highest BCUT2D eigenvalue weighted by atomic mass is 19.1. The number of methoxy groups -OCH3 is 1. The molecule has 0 spiro atoms. The summed E-state index contributed by atoms with van der Waals surface area (Å²) in [6.45, 7) is 2.34. The first-order chi connectivity index (χ1) is 16.6. The fourth-order valence-corrected chi connectivity index (χ4v) is 4.67. The van der Waals surface area contributed by atoms with Crippen LogP contribution >= 0.6 is 0 Å². The minimum atomic E-state index is -0.286. The van der Waals surface area contributed by atoms with Gasteiger partial charge in [-0.1, -0.05) is 61.0 Å². The standard InChI is InChI=1S/C29H33FN2O2/c1-34-28-17-16-25(30)20-26(28)24-14-12-23(13-15-24)21-32-19-6-5-11-27(32)29(33)31-18-7-10-22-8-3-2-4-9-22/h2-4,8-9,12-17,20,27H,5-7,10-11,18-19,21H2,1H3,(H,31,33). The van der Waals surface area contributed by atoms with Gasteiger partial charge in [0.05, 0.1) is 13.2 Å². The third-order valence-corrected chi connectivity index (χ3v) is 6.51. The maximum Gasteiger partial charge on any atom is 0.237 e. The molecule has 0 bridgehead atoms. The molecule has 1 unspecified atom stereocenters. The number of rotatable bonds is 9. The van der Waals surface area contributed by atoms with Gasteiger partial charge < -0.3 is 10.1 Å². The topological polar surface area (TPSA) is 41.6 Å². The number of benzene rings is 3. The molecule has 0 radical (unpaired) electrons. The number of ether oxygens (including phenoxy) is 1. The van der Waals surface area contributed by atoms with E-state index in [1.165, 1.54) is 17.7 Å². The lowest BCUT2D eigenvalue weighted by Crippen LogP contribution is -2.49. The molecule has 4 nitrogen and oxygen atoms in total. The van der Waals surface area contributed by atoms with Gasteiger partial charge in [0.1, 0.15) is 11.6 Å². The molecule has 0 aliphatic carbocycles. The van der Waals surface area contributed by atoms with E-state index in [2.05, 4.69) is 46.6 Å². The molecule has 4 rings (SSSR count). The Bertz CT molecular complexity index is 1070. The van der Waals surface area contributed by atoms with Gasteiger partial charge in [-0.3, -0.25) is 9.69 Å². The van der Waals surface area contributed by atoms with Gasteiger partial charge in [-0.25, -0.2) is 4.39 Å². The van der Waals surface area contributed by atoms with Crippen LogP contribution in [0.2, 0.25) is 0 Å². The Morgan fingerprint density at radius 3 is 2.59 bits per heavy atom. The number of carbonyl (C=O) groups excluding carboxylic acids is 1. The highest BCUT2D eigenvalue weighted by Gasteiger charge is 2.28. The zero-order valence-electron chi connectivity index (χ0n) is 19.8. The van der Waals surface area contributed by atoms with Crippen LogP contribution in [0.25, 0.3) is 11.1 Å². The lowest BCUT2D eigenvalue weighted by Gasteiger charge is -2.34. The Balaban J connectivity index is 1.34. The van der Waals surface area contributed by atoms with Gasteiger partial charge >= 0.3 is 0 Å². The van der Waals surface area contributed by atoms with E-state index in [0.717, 1.165) is 61.9 Å². The van der Waals surface area contributed by atoms with Crippen LogP contribution < -0.4 is 10.1 Å². The lowest BCUT2D eigenvalue weighted by atomic mass is 9.99. The van der Waals surface area contributed by atoms with E-state index in [1.54, 1.807) is 13.2 Å². The first-order valence-corrected chi connectivity index (χ1v) is 12.1. The second kappa shape index (κ2) is 11.8. The van der Waals surface area contributed by atoms with E-state index >= 15 is 0 Å². The zero-order chi connectivity index (χ0) is 23.8. The minimum Gasteiger partial charge on any atom is -0.496 e. The van der Waals surface area contributed by atoms with Crippen LogP contribution in [0.3, 0.4) is 0 Å². The fraction of sp³-hybridized carbons (Fsp3) is 0.345. The Hall–Kier alpha value is -3.18. The van der Waals surface area contributed by atoms with Crippen LogP contribution in [0, 0.1) is 5.82 Å². The van der Waals surface area contributed by atoms with Crippen molar-refractivity contribution in [1.29, 1.82) is 0 Å². The van der Waals surface area contributed by atoms with E-state index in [4.69, 9.17) is 4.74 Å². The summed E-state index contributed by atoms with van der Waals surface area (Å²) in [5, 5.41) is 3.16. The summed E-state index contributed by atoms with van der Waals surface area (Å²) in [5.74, 6) is 0.494. The molecule has 1 aliphatic rings. The van der Waals surface area contributed by atoms with Crippen molar-refractivity contribution in [2.24, 2.45) is 0 Å². The monoisotopic (exact) mass is 460 g/mol. The van der Waals surface area contributed by atoms with Crippen LogP contribution in [-0.4, -0.2) is 37.0 Å². The number of piperidine rings is 1. The van der Waals surface area contributed by atoms with Gasteiger partial charge in [-0.15, -0.1) is 0 Å². The number of carbonyl (C=O) groups is 1. The van der Waals surface area contributed by atoms with Crippen molar-refractivity contribution < 1.29 is 13.9 Å². The SMILES string of the molecule is COc1ccc(F)cc1-c1ccc(CN2CCCCC2C(=O)NCCCc2ccccc2)cc1. The summed E-state index contributed by atoms with van der Waals surface area (Å²) in [6.07, 6.45) is 4.99. The molecular formula is C29H33FN2O2. The highest BCUT2D eigenvalue weighted by Crippen LogP contribution is 2.31. The Morgan fingerprint density at radius 2 is 1.82 bits per heavy atom. The summed E-state index contributed by atoms with van der Waals surface area (Å²) in [6, 6.07) is 22.9. The molecule has 1 amide bonds. The average Bonchev–Trinajstić information content (AvgIpc) is 2.88. The maximum absolute atomic E-state index is 13.8. The Morgan fingerprint density at radius 1 is 1.03 bits per heavy atom. The van der Waals surface area contributed by atoms with Crippen LogP contribution in [0.1, 0.15) is 36.8 Å². The average molecular weight is 461 g/mol. The van der Waals surface area contributed by atoms with Crippen LogP contribution in [0.5, 0.6) is 5.75 Å². The highest BCUT2D eigenvalue weighted by molar-refractivity contribution is 5.81. The molecule has 3 aromatic carbocycles. The van der Waals surface area contributed by atoms with Crippen molar-refractivity contribution in [3.8, 4) is 16.9 Å². The van der Waals surface area contributed by atoms with Gasteiger partial charge in [-0.2, -0.15) is 0 Å². The number of halogens is 1. The summed E-state index contributed by atoms with van der Waals surface area (Å²) in [4.78, 5) is 15.2. The Labute approximate surface area is 201 Å². The van der Waals surface area contributed by atoms with Crippen molar-refractivity contribution in [3.05, 3.63) is 89.7 Å². The number of nitrogens with zero attached hydrogens (tertiary/aromatic N) is 1. The lowest BCUT2D eigenvalue weighted by molar-refractivity contribution is -0.127. The molecule has 1 atom stereocenters. The van der Waals surface area contributed by atoms with Gasteiger partial charge in [0.25, 0.3) is 0 Å². The molecular weight excluding hydrogens is 427 g/mol. The smallest absolute Gasteiger partial charge is 0.237 e. The minimum absolute atomic E-state index is 0.0894. The van der Waals surface area contributed by atoms with Crippen molar-refractivity contribution in [3.63, 3.8) is 0 Å². The van der Waals surface area contributed by atoms with Gasteiger partial charge in [0, 0.05) is 18.7 Å². The predicted molar refractivity (Wildman–Crippen MR) is 134 cm³/mol. The number of likely N-dealkylation sites (tertiary alicyclic amines) is 1. The second-order valence-electron chi connectivity index (χ2n) is 8.90. The van der Waals surface area contributed by atoms with Crippen molar-refractivity contribution in [2.45, 2.75) is 44.7 Å². The van der Waals surface area contributed by atoms with E-state index in [0.29, 0.717) is 12.3 Å². The van der Waals surface area contributed by atoms with Gasteiger partial charge in [-0.05, 0) is 67.1 Å². The molecule has 0 aromatic heterocycles. The fourth-order valence-electron chi connectivity index (χ4n) is 4.67. The number of amides is 1. The van der Waals surface area contributed by atoms with Crippen LogP contribution in [0.15, 0.2) is 72.8 Å². The Kier molecular flexibility index (Phi) is 8.31. The van der Waals surface area contributed by atoms with Gasteiger partial charge in [0.15, 0.2) is 0 Å². The molecule has 3 aromatic rings. The van der Waals surface area contributed by atoms with Crippen molar-refractivity contribution in [2.75, 3.05) is 20.2 Å². The molecule has 1 N–H and O–H groups in total. The maximum atomic E-state index is 13.8. The number of aryl methyl sites for hydroxylation is 1. The summed E-state index contributed by atoms with van der Waals surface area (Å²) < 4.78 is 19.2. The van der Waals surface area contributed by atoms with Gasteiger partial charge in [0.2, 0.25) is 5.91 Å². The first-order valence-electron chi connectivity index (χ1n) is 12.1. The normalized spacial score (nSPS) is 16.2. The van der Waals surface area contributed by atoms with Crippen molar-refractivity contribution in [1.82, 2.24) is 10.2 Å². The quantitative estimate of drug-likeness (QED) is 0.422. The molecule has 1 aliphatic heterocycles. The third kappa shape index (κ3) is 6.23. The van der Waals surface area contributed by atoms with Crippen LogP contribution in [0.4, 0.5) is 4.39 Å². The molecule has 5 heteroatoms. The first kappa shape index (κ1) is 24.0. The third-order valence-electron chi connectivity index (χ3n) is 6.51. The second-order valence-corrected chi connectivity index (χ2v) is 8.90. The molecule has 178 valence electrons.